The van der Waals surface area contributed by atoms with Crippen molar-refractivity contribution in [2.24, 2.45) is 4.99 Å². The highest BCUT2D eigenvalue weighted by Gasteiger charge is 2.34. The standard InChI is InChI=1S/C19H29N7O2/c1-19(2,3)28-18(27)25-12-14(13-25)22-17(20-4)21-10-7-9-16-24-23-15-8-5-6-11-26(15)16/h5-6,8,11,14H,7,9-10,12-13H2,1-4H3,(H2,20,21,22). The summed E-state index contributed by atoms with van der Waals surface area (Å²) in [6.45, 7) is 7.60. The summed E-state index contributed by atoms with van der Waals surface area (Å²) in [4.78, 5) is 17.9. The van der Waals surface area contributed by atoms with Gasteiger partial charge in [-0.15, -0.1) is 10.2 Å². The first kappa shape index (κ1) is 19.9. The van der Waals surface area contributed by atoms with Gasteiger partial charge >= 0.3 is 6.09 Å². The van der Waals surface area contributed by atoms with Gasteiger partial charge in [0.1, 0.15) is 11.4 Å². The number of nitrogens with one attached hydrogen (secondary N) is 2. The van der Waals surface area contributed by atoms with Gasteiger partial charge in [-0.25, -0.2) is 4.79 Å². The molecule has 3 heterocycles. The van der Waals surface area contributed by atoms with E-state index in [4.69, 9.17) is 4.74 Å². The number of hydrogen-bond acceptors (Lipinski definition) is 5. The Bertz CT molecular complexity index is 834. The molecule has 0 spiro atoms. The van der Waals surface area contributed by atoms with E-state index in [2.05, 4.69) is 25.8 Å². The number of carbonyl (C=O) groups is 1. The van der Waals surface area contributed by atoms with Crippen molar-refractivity contribution in [3.8, 4) is 0 Å². The maximum atomic E-state index is 12.0. The SMILES string of the molecule is CN=C(NCCCc1nnc2ccccn12)NC1CN(C(=O)OC(C)(C)C)C1. The maximum absolute atomic E-state index is 12.0. The molecular formula is C19H29N7O2. The van der Waals surface area contributed by atoms with Gasteiger partial charge in [-0.2, -0.15) is 0 Å². The topological polar surface area (TPSA) is 96.1 Å². The average molecular weight is 387 g/mol. The first-order valence-electron chi connectivity index (χ1n) is 9.59. The van der Waals surface area contributed by atoms with Crippen LogP contribution in [0.4, 0.5) is 4.79 Å². The molecule has 0 aliphatic carbocycles. The fourth-order valence-corrected chi connectivity index (χ4v) is 2.95. The van der Waals surface area contributed by atoms with Gasteiger partial charge in [0.05, 0.1) is 6.04 Å². The molecule has 2 aromatic heterocycles. The van der Waals surface area contributed by atoms with Gasteiger partial charge in [0.15, 0.2) is 11.6 Å². The van der Waals surface area contributed by atoms with Gasteiger partial charge in [-0.05, 0) is 39.3 Å². The highest BCUT2D eigenvalue weighted by atomic mass is 16.6. The zero-order valence-corrected chi connectivity index (χ0v) is 17.0. The van der Waals surface area contributed by atoms with Crippen LogP contribution in [0.15, 0.2) is 29.4 Å². The molecule has 1 aliphatic heterocycles. The Hall–Kier alpha value is -2.84. The summed E-state index contributed by atoms with van der Waals surface area (Å²) in [5.74, 6) is 1.69. The monoisotopic (exact) mass is 387 g/mol. The smallest absolute Gasteiger partial charge is 0.410 e. The van der Waals surface area contributed by atoms with Crippen LogP contribution >= 0.6 is 0 Å². The highest BCUT2D eigenvalue weighted by Crippen LogP contribution is 2.15. The van der Waals surface area contributed by atoms with Crippen molar-refractivity contribution in [3.63, 3.8) is 0 Å². The third-order valence-electron chi connectivity index (χ3n) is 4.35. The molecule has 0 unspecified atom stereocenters. The number of pyridine rings is 1. The van der Waals surface area contributed by atoms with Gasteiger partial charge in [0.2, 0.25) is 0 Å². The van der Waals surface area contributed by atoms with Crippen molar-refractivity contribution in [2.75, 3.05) is 26.7 Å². The van der Waals surface area contributed by atoms with Crippen LogP contribution in [0.1, 0.15) is 33.0 Å². The van der Waals surface area contributed by atoms with E-state index in [1.165, 1.54) is 0 Å². The number of fused-ring (bicyclic) bond motifs is 1. The van der Waals surface area contributed by atoms with E-state index in [1.807, 2.05) is 49.6 Å². The Labute approximate surface area is 165 Å². The lowest BCUT2D eigenvalue weighted by atomic mass is 10.1. The first-order valence-corrected chi connectivity index (χ1v) is 9.59. The van der Waals surface area contributed by atoms with Crippen LogP contribution in [-0.4, -0.2) is 69.9 Å². The van der Waals surface area contributed by atoms with Crippen LogP contribution in [0.25, 0.3) is 5.65 Å². The number of likely N-dealkylation sites (tertiary alicyclic amines) is 1. The molecule has 3 rings (SSSR count). The molecule has 2 aromatic rings. The molecule has 9 nitrogen and oxygen atoms in total. The van der Waals surface area contributed by atoms with Gasteiger partial charge < -0.3 is 20.3 Å². The summed E-state index contributed by atoms with van der Waals surface area (Å²) in [7, 11) is 1.74. The van der Waals surface area contributed by atoms with E-state index in [9.17, 15) is 4.79 Å². The molecule has 28 heavy (non-hydrogen) atoms. The second-order valence-electron chi connectivity index (χ2n) is 7.87. The Morgan fingerprint density at radius 1 is 1.32 bits per heavy atom. The van der Waals surface area contributed by atoms with E-state index < -0.39 is 5.60 Å². The normalized spacial score (nSPS) is 15.4. The number of nitrogens with zero attached hydrogens (tertiary/aromatic N) is 5. The summed E-state index contributed by atoms with van der Waals surface area (Å²) < 4.78 is 7.37. The predicted molar refractivity (Wildman–Crippen MR) is 107 cm³/mol. The lowest BCUT2D eigenvalue weighted by Gasteiger charge is -2.40. The van der Waals surface area contributed by atoms with E-state index >= 15 is 0 Å². The number of aryl methyl sites for hydroxylation is 1. The van der Waals surface area contributed by atoms with Crippen LogP contribution in [-0.2, 0) is 11.2 Å². The average Bonchev–Trinajstić information content (AvgIpc) is 3.01. The number of amides is 1. The molecule has 2 N–H and O–H groups in total. The number of aliphatic imine (C=N–C) groups is 1. The molecule has 1 amide bonds. The molecule has 0 bridgehead atoms. The minimum Gasteiger partial charge on any atom is -0.444 e. The Morgan fingerprint density at radius 2 is 2.11 bits per heavy atom. The van der Waals surface area contributed by atoms with Crippen molar-refractivity contribution < 1.29 is 9.53 Å². The van der Waals surface area contributed by atoms with Gasteiger partial charge in [-0.1, -0.05) is 6.07 Å². The van der Waals surface area contributed by atoms with Gasteiger partial charge in [0, 0.05) is 39.3 Å². The van der Waals surface area contributed by atoms with Crippen LogP contribution in [0.3, 0.4) is 0 Å². The third kappa shape index (κ3) is 5.11. The van der Waals surface area contributed by atoms with Crippen LogP contribution in [0.2, 0.25) is 0 Å². The number of ether oxygens (including phenoxy) is 1. The summed E-state index contributed by atoms with van der Waals surface area (Å²) >= 11 is 0. The number of rotatable bonds is 5. The molecule has 0 aromatic carbocycles. The molecule has 0 atom stereocenters. The van der Waals surface area contributed by atoms with Crippen LogP contribution in [0.5, 0.6) is 0 Å². The van der Waals surface area contributed by atoms with Gasteiger partial charge in [0.25, 0.3) is 0 Å². The van der Waals surface area contributed by atoms with Crippen molar-refractivity contribution in [3.05, 3.63) is 30.2 Å². The summed E-state index contributed by atoms with van der Waals surface area (Å²) in [5, 5.41) is 15.0. The second kappa shape index (κ2) is 8.45. The first-order chi connectivity index (χ1) is 13.4. The van der Waals surface area contributed by atoms with E-state index in [0.29, 0.717) is 13.1 Å². The Morgan fingerprint density at radius 3 is 2.82 bits per heavy atom. The van der Waals surface area contributed by atoms with Gasteiger partial charge in [-0.3, -0.25) is 9.39 Å². The van der Waals surface area contributed by atoms with Crippen molar-refractivity contribution in [1.82, 2.24) is 30.1 Å². The third-order valence-corrected chi connectivity index (χ3v) is 4.35. The van der Waals surface area contributed by atoms with E-state index in [0.717, 1.165) is 36.8 Å². The van der Waals surface area contributed by atoms with E-state index in [1.54, 1.807) is 11.9 Å². The van der Waals surface area contributed by atoms with Crippen molar-refractivity contribution in [2.45, 2.75) is 45.3 Å². The Balaban J connectivity index is 1.36. The molecule has 1 aliphatic rings. The molecule has 1 fully saturated rings. The minimum atomic E-state index is -0.469. The van der Waals surface area contributed by atoms with E-state index in [-0.39, 0.29) is 12.1 Å². The zero-order chi connectivity index (χ0) is 20.1. The molecule has 0 radical (unpaired) electrons. The predicted octanol–water partition coefficient (Wildman–Crippen LogP) is 1.45. The number of carbonyl (C=O) groups excluding carboxylic acids is 1. The van der Waals surface area contributed by atoms with Crippen molar-refractivity contribution >= 4 is 17.7 Å². The fourth-order valence-electron chi connectivity index (χ4n) is 2.95. The highest BCUT2D eigenvalue weighted by molar-refractivity contribution is 5.80. The molecule has 1 saturated heterocycles. The summed E-state index contributed by atoms with van der Waals surface area (Å²) in [6.07, 6.45) is 3.44. The van der Waals surface area contributed by atoms with Crippen LogP contribution < -0.4 is 10.6 Å². The number of hydrogen-bond donors (Lipinski definition) is 2. The van der Waals surface area contributed by atoms with Crippen molar-refractivity contribution in [1.29, 1.82) is 0 Å². The molecule has 0 saturated carbocycles. The molecular weight excluding hydrogens is 358 g/mol. The summed E-state index contributed by atoms with van der Waals surface area (Å²) in [5.41, 5.74) is 0.394. The van der Waals surface area contributed by atoms with Crippen LogP contribution in [0, 0.1) is 0 Å². The summed E-state index contributed by atoms with van der Waals surface area (Å²) in [6, 6.07) is 6.05. The fraction of sp³-hybridized carbons (Fsp3) is 0.579. The quantitative estimate of drug-likeness (QED) is 0.458. The lowest BCUT2D eigenvalue weighted by Crippen LogP contribution is -2.63. The molecule has 9 heteroatoms. The lowest BCUT2D eigenvalue weighted by molar-refractivity contribution is 0.00701. The largest absolute Gasteiger partial charge is 0.444 e. The number of guanidine groups is 1. The molecule has 152 valence electrons. The number of aromatic nitrogens is 3. The Kier molecular flexibility index (Phi) is 6.01. The second-order valence-corrected chi connectivity index (χ2v) is 7.87. The zero-order valence-electron chi connectivity index (χ0n) is 17.0. The minimum absolute atomic E-state index is 0.180. The maximum Gasteiger partial charge on any atom is 0.410 e.